The third-order valence-corrected chi connectivity index (χ3v) is 4.53. The number of methoxy groups -OCH3 is 1. The Bertz CT molecular complexity index is 939. The van der Waals surface area contributed by atoms with Gasteiger partial charge >= 0.3 is 6.09 Å². The zero-order valence-electron chi connectivity index (χ0n) is 16.3. The molecule has 0 aliphatic carbocycles. The lowest BCUT2D eigenvalue weighted by Crippen LogP contribution is -2.48. The summed E-state index contributed by atoms with van der Waals surface area (Å²) >= 11 is 0. The summed E-state index contributed by atoms with van der Waals surface area (Å²) in [6.45, 7) is 0.891. The van der Waals surface area contributed by atoms with E-state index in [1.807, 2.05) is 60.8 Å². The van der Waals surface area contributed by atoms with Crippen LogP contribution >= 0.6 is 0 Å². The molecule has 0 saturated carbocycles. The first kappa shape index (κ1) is 20.4. The molecule has 7 nitrogen and oxygen atoms in total. The molecule has 3 aromatic rings. The number of H-pyrrole nitrogens is 1. The molecule has 152 valence electrons. The van der Waals surface area contributed by atoms with Gasteiger partial charge in [-0.15, -0.1) is 0 Å². The van der Waals surface area contributed by atoms with Gasteiger partial charge in [0.05, 0.1) is 6.61 Å². The molecule has 7 heteroatoms. The number of ether oxygens (including phenoxy) is 2. The minimum absolute atomic E-state index is 0.137. The van der Waals surface area contributed by atoms with Crippen LogP contribution in [-0.4, -0.2) is 43.3 Å². The van der Waals surface area contributed by atoms with Crippen LogP contribution in [0.3, 0.4) is 0 Å². The Labute approximate surface area is 169 Å². The van der Waals surface area contributed by atoms with E-state index in [1.54, 1.807) is 7.11 Å². The van der Waals surface area contributed by atoms with Gasteiger partial charge in [0.1, 0.15) is 12.6 Å². The maximum absolute atomic E-state index is 12.6. The lowest BCUT2D eigenvalue weighted by atomic mass is 10.0. The molecule has 1 atom stereocenters. The number of carbonyl (C=O) groups is 2. The molecule has 29 heavy (non-hydrogen) atoms. The number of alkyl carbamates (subject to hydrolysis) is 1. The number of fused-ring (bicyclic) bond motifs is 1. The summed E-state index contributed by atoms with van der Waals surface area (Å²) in [5.41, 5.74) is 2.80. The Balaban J connectivity index is 1.66. The van der Waals surface area contributed by atoms with E-state index in [2.05, 4.69) is 15.6 Å². The predicted octanol–water partition coefficient (Wildman–Crippen LogP) is 2.77. The van der Waals surface area contributed by atoms with Gasteiger partial charge in [0.2, 0.25) is 5.91 Å². The van der Waals surface area contributed by atoms with E-state index >= 15 is 0 Å². The molecule has 0 unspecified atom stereocenters. The van der Waals surface area contributed by atoms with E-state index in [9.17, 15) is 9.59 Å². The molecular formula is C22H25N3O4. The van der Waals surface area contributed by atoms with E-state index < -0.39 is 12.1 Å². The van der Waals surface area contributed by atoms with Gasteiger partial charge in [0, 0.05) is 37.2 Å². The highest BCUT2D eigenvalue weighted by Crippen LogP contribution is 2.19. The molecule has 0 bridgehead atoms. The molecule has 0 aliphatic heterocycles. The third-order valence-electron chi connectivity index (χ3n) is 4.53. The molecule has 0 aliphatic rings. The van der Waals surface area contributed by atoms with Gasteiger partial charge in [0.15, 0.2) is 0 Å². The van der Waals surface area contributed by atoms with Crippen LogP contribution in [0.2, 0.25) is 0 Å². The maximum atomic E-state index is 12.6. The van der Waals surface area contributed by atoms with Crippen molar-refractivity contribution in [2.45, 2.75) is 19.1 Å². The number of amides is 2. The number of rotatable bonds is 9. The Kier molecular flexibility index (Phi) is 7.24. The minimum Gasteiger partial charge on any atom is -0.445 e. The lowest BCUT2D eigenvalue weighted by Gasteiger charge is -2.18. The summed E-state index contributed by atoms with van der Waals surface area (Å²) in [6, 6.07) is 16.4. The van der Waals surface area contributed by atoms with Crippen LogP contribution < -0.4 is 10.6 Å². The molecule has 0 fully saturated rings. The van der Waals surface area contributed by atoms with E-state index in [4.69, 9.17) is 9.47 Å². The van der Waals surface area contributed by atoms with Crippen molar-refractivity contribution >= 4 is 22.9 Å². The number of aromatic amines is 1. The lowest BCUT2D eigenvalue weighted by molar-refractivity contribution is -0.123. The van der Waals surface area contributed by atoms with Gasteiger partial charge in [-0.3, -0.25) is 4.79 Å². The van der Waals surface area contributed by atoms with Crippen molar-refractivity contribution in [3.05, 3.63) is 71.9 Å². The molecular weight excluding hydrogens is 370 g/mol. The third kappa shape index (κ3) is 5.83. The molecule has 1 aromatic heterocycles. The summed E-state index contributed by atoms with van der Waals surface area (Å²) in [5, 5.41) is 6.48. The van der Waals surface area contributed by atoms with Crippen molar-refractivity contribution in [2.75, 3.05) is 20.3 Å². The second kappa shape index (κ2) is 10.3. The molecule has 0 saturated heterocycles. The van der Waals surface area contributed by atoms with Gasteiger partial charge in [-0.25, -0.2) is 4.79 Å². The van der Waals surface area contributed by atoms with Crippen LogP contribution in [0.4, 0.5) is 4.79 Å². The van der Waals surface area contributed by atoms with Crippen LogP contribution in [0.5, 0.6) is 0 Å². The van der Waals surface area contributed by atoms with Crippen molar-refractivity contribution in [3.8, 4) is 0 Å². The number of para-hydroxylation sites is 1. The van der Waals surface area contributed by atoms with Gasteiger partial charge < -0.3 is 25.1 Å². The van der Waals surface area contributed by atoms with Crippen LogP contribution in [0.1, 0.15) is 11.1 Å². The fourth-order valence-electron chi connectivity index (χ4n) is 3.04. The topological polar surface area (TPSA) is 92.5 Å². The Hall–Kier alpha value is -3.32. The van der Waals surface area contributed by atoms with Crippen LogP contribution in [0.15, 0.2) is 60.8 Å². The minimum atomic E-state index is -0.769. The second-order valence-electron chi connectivity index (χ2n) is 6.61. The number of nitrogens with one attached hydrogen (secondary N) is 3. The molecule has 2 aromatic carbocycles. The van der Waals surface area contributed by atoms with Gasteiger partial charge in [-0.05, 0) is 17.2 Å². The molecule has 1 heterocycles. The van der Waals surface area contributed by atoms with Crippen LogP contribution in [-0.2, 0) is 27.3 Å². The molecule has 3 N–H and O–H groups in total. The summed E-state index contributed by atoms with van der Waals surface area (Å²) in [4.78, 5) is 28.1. The van der Waals surface area contributed by atoms with E-state index in [0.717, 1.165) is 22.0 Å². The molecule has 2 amide bonds. The van der Waals surface area contributed by atoms with Gasteiger partial charge in [0.25, 0.3) is 0 Å². The standard InChI is InChI=1S/C22H25N3O4/c1-28-12-11-23-21(26)20(13-17-14-24-19-10-6-5-9-18(17)19)25-22(27)29-15-16-7-3-2-4-8-16/h2-10,14,20,24H,11-13,15H2,1H3,(H,23,26)(H,25,27)/t20-/m1/s1. The van der Waals surface area contributed by atoms with E-state index in [-0.39, 0.29) is 12.5 Å². The largest absolute Gasteiger partial charge is 0.445 e. The fraction of sp³-hybridized carbons (Fsp3) is 0.273. The maximum Gasteiger partial charge on any atom is 0.408 e. The quantitative estimate of drug-likeness (QED) is 0.486. The Morgan fingerprint density at radius 2 is 1.83 bits per heavy atom. The zero-order valence-corrected chi connectivity index (χ0v) is 16.3. The Morgan fingerprint density at radius 3 is 2.62 bits per heavy atom. The van der Waals surface area contributed by atoms with Gasteiger partial charge in [-0.2, -0.15) is 0 Å². The SMILES string of the molecule is COCCNC(=O)[C@@H](Cc1c[nH]c2ccccc12)NC(=O)OCc1ccccc1. The average Bonchev–Trinajstić information content (AvgIpc) is 3.15. The molecule has 0 radical (unpaired) electrons. The summed E-state index contributed by atoms with van der Waals surface area (Å²) < 4.78 is 10.3. The van der Waals surface area contributed by atoms with Crippen LogP contribution in [0, 0.1) is 0 Å². The van der Waals surface area contributed by atoms with Gasteiger partial charge in [-0.1, -0.05) is 48.5 Å². The van der Waals surface area contributed by atoms with E-state index in [1.165, 1.54) is 0 Å². The first-order chi connectivity index (χ1) is 14.2. The van der Waals surface area contributed by atoms with Crippen molar-refractivity contribution in [2.24, 2.45) is 0 Å². The van der Waals surface area contributed by atoms with Crippen LogP contribution in [0.25, 0.3) is 10.9 Å². The smallest absolute Gasteiger partial charge is 0.408 e. The fourth-order valence-corrected chi connectivity index (χ4v) is 3.04. The highest BCUT2D eigenvalue weighted by atomic mass is 16.5. The van der Waals surface area contributed by atoms with Crippen molar-refractivity contribution < 1.29 is 19.1 Å². The van der Waals surface area contributed by atoms with E-state index in [0.29, 0.717) is 19.6 Å². The molecule has 3 rings (SSSR count). The normalized spacial score (nSPS) is 11.8. The summed E-state index contributed by atoms with van der Waals surface area (Å²) in [6.07, 6.45) is 1.56. The zero-order chi connectivity index (χ0) is 20.5. The number of hydrogen-bond acceptors (Lipinski definition) is 4. The number of hydrogen-bond donors (Lipinski definition) is 3. The van der Waals surface area contributed by atoms with Crippen molar-refractivity contribution in [1.29, 1.82) is 0 Å². The highest BCUT2D eigenvalue weighted by Gasteiger charge is 2.23. The molecule has 0 spiro atoms. The van der Waals surface area contributed by atoms with Crippen molar-refractivity contribution in [3.63, 3.8) is 0 Å². The first-order valence-electron chi connectivity index (χ1n) is 9.46. The summed E-state index contributed by atoms with van der Waals surface area (Å²) in [7, 11) is 1.56. The second-order valence-corrected chi connectivity index (χ2v) is 6.61. The number of aromatic nitrogens is 1. The predicted molar refractivity (Wildman–Crippen MR) is 110 cm³/mol. The van der Waals surface area contributed by atoms with Crippen molar-refractivity contribution in [1.82, 2.24) is 15.6 Å². The summed E-state index contributed by atoms with van der Waals surface area (Å²) in [5.74, 6) is -0.288. The number of benzene rings is 2. The number of carbonyl (C=O) groups excluding carboxylic acids is 2. The Morgan fingerprint density at radius 1 is 1.07 bits per heavy atom. The monoisotopic (exact) mass is 395 g/mol. The highest BCUT2D eigenvalue weighted by molar-refractivity contribution is 5.88. The first-order valence-corrected chi connectivity index (χ1v) is 9.46. The average molecular weight is 395 g/mol.